The number of anilines is 1. The van der Waals surface area contributed by atoms with Crippen molar-refractivity contribution >= 4 is 34.4 Å². The fourth-order valence-electron chi connectivity index (χ4n) is 1.84. The molecule has 0 saturated heterocycles. The topological polar surface area (TPSA) is 70.6 Å². The van der Waals surface area contributed by atoms with E-state index in [1.807, 2.05) is 6.92 Å². The second-order valence-corrected chi connectivity index (χ2v) is 5.97. The molecule has 0 radical (unpaired) electrons. The van der Waals surface area contributed by atoms with E-state index in [2.05, 4.69) is 22.2 Å². The van der Waals surface area contributed by atoms with E-state index in [0.29, 0.717) is 23.0 Å². The first-order valence-corrected chi connectivity index (χ1v) is 7.40. The molecule has 1 aromatic rings. The summed E-state index contributed by atoms with van der Waals surface area (Å²) in [6.07, 6.45) is 0. The number of nitrogens with zero attached hydrogens (tertiary/aromatic N) is 1. The third-order valence-corrected chi connectivity index (χ3v) is 4.20. The molecule has 0 spiro atoms. The summed E-state index contributed by atoms with van der Waals surface area (Å²) in [5, 5.41) is 6.22. The van der Waals surface area contributed by atoms with Crippen molar-refractivity contribution in [3.63, 3.8) is 0 Å². The van der Waals surface area contributed by atoms with Crippen molar-refractivity contribution in [1.29, 1.82) is 0 Å². The molecule has 0 bridgehead atoms. The molecular formula is C15H17N3O2S. The molecular weight excluding hydrogens is 286 g/mol. The number of hydrogen-bond acceptors (Lipinski definition) is 4. The van der Waals surface area contributed by atoms with Gasteiger partial charge < -0.3 is 10.6 Å². The van der Waals surface area contributed by atoms with E-state index >= 15 is 0 Å². The average Bonchev–Trinajstić information content (AvgIpc) is 2.87. The summed E-state index contributed by atoms with van der Waals surface area (Å²) in [6.45, 7) is 7.88. The van der Waals surface area contributed by atoms with E-state index in [1.54, 1.807) is 24.3 Å². The van der Waals surface area contributed by atoms with E-state index in [0.717, 1.165) is 5.57 Å². The first-order valence-electron chi connectivity index (χ1n) is 6.52. The number of nitrogens with one attached hydrogen (secondary N) is 2. The SMILES string of the molecule is C=C(C)C1CN=C(NC(=O)c2ccccc2NC(C)=O)S1. The van der Waals surface area contributed by atoms with Crippen LogP contribution >= 0.6 is 11.8 Å². The van der Waals surface area contributed by atoms with E-state index in [4.69, 9.17) is 0 Å². The molecule has 0 saturated carbocycles. The van der Waals surface area contributed by atoms with Crippen LogP contribution in [0.3, 0.4) is 0 Å². The molecule has 5 nitrogen and oxygen atoms in total. The minimum atomic E-state index is -0.284. The van der Waals surface area contributed by atoms with Crippen molar-refractivity contribution in [3.8, 4) is 0 Å². The first kappa shape index (κ1) is 15.3. The lowest BCUT2D eigenvalue weighted by Crippen LogP contribution is -2.28. The van der Waals surface area contributed by atoms with Crippen LogP contribution in [0, 0.1) is 0 Å². The molecule has 6 heteroatoms. The van der Waals surface area contributed by atoms with Gasteiger partial charge in [-0.2, -0.15) is 0 Å². The summed E-state index contributed by atoms with van der Waals surface area (Å²) >= 11 is 1.49. The van der Waals surface area contributed by atoms with Gasteiger partial charge in [0.15, 0.2) is 5.17 Å². The molecule has 110 valence electrons. The van der Waals surface area contributed by atoms with Crippen molar-refractivity contribution in [3.05, 3.63) is 42.0 Å². The van der Waals surface area contributed by atoms with Crippen LogP contribution in [-0.4, -0.2) is 28.8 Å². The van der Waals surface area contributed by atoms with E-state index in [-0.39, 0.29) is 17.1 Å². The Hall–Kier alpha value is -2.08. The highest BCUT2D eigenvalue weighted by Gasteiger charge is 2.22. The first-order chi connectivity index (χ1) is 9.97. The van der Waals surface area contributed by atoms with E-state index in [1.165, 1.54) is 18.7 Å². The van der Waals surface area contributed by atoms with Gasteiger partial charge in [-0.15, -0.1) is 0 Å². The molecule has 1 aromatic carbocycles. The molecule has 2 amide bonds. The molecule has 1 heterocycles. The smallest absolute Gasteiger partial charge is 0.259 e. The zero-order valence-electron chi connectivity index (χ0n) is 12.0. The number of carbonyl (C=O) groups is 2. The van der Waals surface area contributed by atoms with Crippen LogP contribution in [0.5, 0.6) is 0 Å². The van der Waals surface area contributed by atoms with E-state index < -0.39 is 0 Å². The number of carbonyl (C=O) groups excluding carboxylic acids is 2. The lowest BCUT2D eigenvalue weighted by molar-refractivity contribution is -0.114. The van der Waals surface area contributed by atoms with Gasteiger partial charge in [-0.05, 0) is 19.1 Å². The zero-order chi connectivity index (χ0) is 15.4. The summed E-state index contributed by atoms with van der Waals surface area (Å²) in [7, 11) is 0. The Morgan fingerprint density at radius 1 is 1.29 bits per heavy atom. The number of hydrogen-bond donors (Lipinski definition) is 2. The molecule has 0 aromatic heterocycles. The normalized spacial score (nSPS) is 17.0. The number of rotatable bonds is 3. The summed E-state index contributed by atoms with van der Waals surface area (Å²) in [5.41, 5.74) is 1.93. The maximum atomic E-state index is 12.3. The third-order valence-electron chi connectivity index (χ3n) is 2.91. The summed E-state index contributed by atoms with van der Waals surface area (Å²) in [6, 6.07) is 6.87. The zero-order valence-corrected chi connectivity index (χ0v) is 12.8. The van der Waals surface area contributed by atoms with Crippen molar-refractivity contribution in [2.75, 3.05) is 11.9 Å². The molecule has 21 heavy (non-hydrogen) atoms. The Labute approximate surface area is 127 Å². The second-order valence-electron chi connectivity index (χ2n) is 4.78. The lowest BCUT2D eigenvalue weighted by Gasteiger charge is -2.11. The number of amidine groups is 1. The van der Waals surface area contributed by atoms with Crippen LogP contribution < -0.4 is 10.6 Å². The van der Waals surface area contributed by atoms with Crippen LogP contribution in [0.4, 0.5) is 5.69 Å². The van der Waals surface area contributed by atoms with Crippen molar-refractivity contribution in [2.45, 2.75) is 19.1 Å². The third kappa shape index (κ3) is 3.95. The van der Waals surface area contributed by atoms with Gasteiger partial charge in [-0.25, -0.2) is 0 Å². The molecule has 1 aliphatic rings. The number of benzene rings is 1. The van der Waals surface area contributed by atoms with E-state index in [9.17, 15) is 9.59 Å². The number of para-hydroxylation sites is 1. The molecule has 1 unspecified atom stereocenters. The van der Waals surface area contributed by atoms with Crippen LogP contribution in [-0.2, 0) is 4.79 Å². The number of thioether (sulfide) groups is 1. The predicted molar refractivity (Wildman–Crippen MR) is 86.7 cm³/mol. The maximum Gasteiger partial charge on any atom is 0.259 e. The van der Waals surface area contributed by atoms with Gasteiger partial charge in [0.05, 0.1) is 23.0 Å². The minimum Gasteiger partial charge on any atom is -0.326 e. The van der Waals surface area contributed by atoms with Crippen LogP contribution in [0.1, 0.15) is 24.2 Å². The van der Waals surface area contributed by atoms with Gasteiger partial charge in [0.1, 0.15) is 0 Å². The number of amides is 2. The molecule has 0 fully saturated rings. The molecule has 1 atom stereocenters. The van der Waals surface area contributed by atoms with Gasteiger partial charge in [-0.3, -0.25) is 14.6 Å². The molecule has 1 aliphatic heterocycles. The highest BCUT2D eigenvalue weighted by atomic mass is 32.2. The Kier molecular flexibility index (Phi) is 4.80. The fraction of sp³-hybridized carbons (Fsp3) is 0.267. The molecule has 0 aliphatic carbocycles. The van der Waals surface area contributed by atoms with Gasteiger partial charge in [0, 0.05) is 6.92 Å². The second kappa shape index (κ2) is 6.58. The van der Waals surface area contributed by atoms with Crippen molar-refractivity contribution < 1.29 is 9.59 Å². The maximum absolute atomic E-state index is 12.3. The minimum absolute atomic E-state index is 0.214. The Morgan fingerprint density at radius 2 is 2.00 bits per heavy atom. The fourth-order valence-corrected chi connectivity index (χ4v) is 2.77. The Balaban J connectivity index is 2.08. The predicted octanol–water partition coefficient (Wildman–Crippen LogP) is 2.42. The van der Waals surface area contributed by atoms with Crippen LogP contribution in [0.15, 0.2) is 41.4 Å². The van der Waals surface area contributed by atoms with Crippen molar-refractivity contribution in [1.82, 2.24) is 5.32 Å². The standard InChI is InChI=1S/C15H17N3O2S/c1-9(2)13-8-16-15(21-13)18-14(20)11-6-4-5-7-12(11)17-10(3)19/h4-7,13H,1,8H2,2-3H3,(H,17,19)(H,16,18,20). The molecule has 2 N–H and O–H groups in total. The summed E-state index contributed by atoms with van der Waals surface area (Å²) in [4.78, 5) is 27.8. The number of aliphatic imine (C=N–C) groups is 1. The van der Waals surface area contributed by atoms with Crippen LogP contribution in [0.25, 0.3) is 0 Å². The summed E-state index contributed by atoms with van der Waals surface area (Å²) in [5.74, 6) is -0.502. The van der Waals surface area contributed by atoms with Gasteiger partial charge >= 0.3 is 0 Å². The van der Waals surface area contributed by atoms with Gasteiger partial charge in [0.2, 0.25) is 5.91 Å². The highest BCUT2D eigenvalue weighted by molar-refractivity contribution is 8.14. The highest BCUT2D eigenvalue weighted by Crippen LogP contribution is 2.25. The lowest BCUT2D eigenvalue weighted by atomic mass is 10.1. The Bertz CT molecular complexity index is 625. The Morgan fingerprint density at radius 3 is 2.62 bits per heavy atom. The van der Waals surface area contributed by atoms with Gasteiger partial charge in [-0.1, -0.05) is 36.0 Å². The largest absolute Gasteiger partial charge is 0.326 e. The monoisotopic (exact) mass is 303 g/mol. The summed E-state index contributed by atoms with van der Waals surface area (Å²) < 4.78 is 0. The average molecular weight is 303 g/mol. The van der Waals surface area contributed by atoms with Crippen molar-refractivity contribution in [2.24, 2.45) is 4.99 Å². The quantitative estimate of drug-likeness (QED) is 0.843. The van der Waals surface area contributed by atoms with Gasteiger partial charge in [0.25, 0.3) is 5.91 Å². The molecule has 2 rings (SSSR count). The van der Waals surface area contributed by atoms with Crippen LogP contribution in [0.2, 0.25) is 0 Å².